The second-order valence-electron chi connectivity index (χ2n) is 11.0. The number of allylic oxidation sites excluding steroid dienone is 1. The molecular formula is C35H33F4N5O4. The lowest BCUT2D eigenvalue weighted by molar-refractivity contribution is -0.137. The van der Waals surface area contributed by atoms with E-state index in [1.807, 2.05) is 6.07 Å². The minimum Gasteiger partial charge on any atom is -0.396 e. The maximum absolute atomic E-state index is 14.3. The van der Waals surface area contributed by atoms with Gasteiger partial charge in [-0.1, -0.05) is 42.5 Å². The van der Waals surface area contributed by atoms with E-state index in [-0.39, 0.29) is 37.6 Å². The van der Waals surface area contributed by atoms with Crippen molar-refractivity contribution in [3.05, 3.63) is 125 Å². The van der Waals surface area contributed by atoms with E-state index in [1.54, 1.807) is 41.9 Å². The number of para-hydroxylation sites is 1. The number of anilines is 1. The molecule has 1 aromatic heterocycles. The highest BCUT2D eigenvalue weighted by Crippen LogP contribution is 2.44. The van der Waals surface area contributed by atoms with Crippen LogP contribution < -0.4 is 15.5 Å². The molecule has 0 saturated carbocycles. The van der Waals surface area contributed by atoms with Gasteiger partial charge < -0.3 is 15.7 Å². The van der Waals surface area contributed by atoms with Gasteiger partial charge in [-0.2, -0.15) is 18.3 Å². The third kappa shape index (κ3) is 7.31. The van der Waals surface area contributed by atoms with Crippen molar-refractivity contribution in [2.75, 3.05) is 24.6 Å². The number of likely N-dealkylation sites (N-methyl/N-ethyl adjacent to an activating group) is 1. The van der Waals surface area contributed by atoms with E-state index in [1.165, 1.54) is 41.3 Å². The number of fused-ring (bicyclic) bond motifs is 1. The van der Waals surface area contributed by atoms with Gasteiger partial charge in [0.05, 0.1) is 16.9 Å². The molecule has 3 amide bonds. The van der Waals surface area contributed by atoms with E-state index < -0.39 is 41.3 Å². The molecule has 13 heteroatoms. The fourth-order valence-electron chi connectivity index (χ4n) is 5.69. The molecule has 250 valence electrons. The minimum atomic E-state index is -4.69. The van der Waals surface area contributed by atoms with Crippen LogP contribution in [0.15, 0.2) is 91.0 Å². The van der Waals surface area contributed by atoms with Crippen molar-refractivity contribution < 1.29 is 37.1 Å². The molecule has 9 nitrogen and oxygen atoms in total. The Morgan fingerprint density at radius 1 is 1.02 bits per heavy atom. The Morgan fingerprint density at radius 3 is 2.42 bits per heavy atom. The summed E-state index contributed by atoms with van der Waals surface area (Å²) in [6.45, 7) is 2.10. The van der Waals surface area contributed by atoms with Crippen LogP contribution in [0.4, 0.5) is 23.4 Å². The summed E-state index contributed by atoms with van der Waals surface area (Å²) in [6, 6.07) is 17.0. The number of aliphatic hydroxyl groups excluding tert-OH is 1. The molecule has 3 aromatic carbocycles. The molecule has 1 aliphatic heterocycles. The Labute approximate surface area is 273 Å². The average molecular weight is 664 g/mol. The highest BCUT2D eigenvalue weighted by atomic mass is 19.4. The minimum absolute atomic E-state index is 0.0735. The Balaban J connectivity index is 1.65. The van der Waals surface area contributed by atoms with E-state index in [0.717, 1.165) is 12.1 Å². The summed E-state index contributed by atoms with van der Waals surface area (Å²) in [4.78, 5) is 41.7. The molecule has 48 heavy (non-hydrogen) atoms. The SMILES string of the molecule is CCN1C(=O)[C@@H](NC(=O)c2cccc(C(F)(F)F)c2)[C@@H](c2ccc(F)cc2)c2c(C/C=C/C(=O)NCCCO)nn(-c3ccccc3)c21. The topological polar surface area (TPSA) is 117 Å². The van der Waals surface area contributed by atoms with Gasteiger partial charge in [-0.15, -0.1) is 0 Å². The first-order valence-electron chi connectivity index (χ1n) is 15.3. The number of aromatic nitrogens is 2. The monoisotopic (exact) mass is 663 g/mol. The number of nitrogens with one attached hydrogen (secondary N) is 2. The zero-order valence-electron chi connectivity index (χ0n) is 25.9. The number of rotatable bonds is 11. The van der Waals surface area contributed by atoms with Gasteiger partial charge in [0, 0.05) is 43.2 Å². The molecule has 0 spiro atoms. The van der Waals surface area contributed by atoms with Crippen molar-refractivity contribution >= 4 is 23.5 Å². The summed E-state index contributed by atoms with van der Waals surface area (Å²) < 4.78 is 56.2. The van der Waals surface area contributed by atoms with E-state index in [0.29, 0.717) is 40.8 Å². The third-order valence-electron chi connectivity index (χ3n) is 7.90. The Kier molecular flexibility index (Phi) is 10.4. The number of carbonyl (C=O) groups is 3. The van der Waals surface area contributed by atoms with Gasteiger partial charge in [0.15, 0.2) is 0 Å². The molecule has 0 saturated heterocycles. The molecular weight excluding hydrogens is 630 g/mol. The highest BCUT2D eigenvalue weighted by molar-refractivity contribution is 6.05. The second kappa shape index (κ2) is 14.6. The van der Waals surface area contributed by atoms with E-state index >= 15 is 0 Å². The first-order valence-corrected chi connectivity index (χ1v) is 15.3. The Hall–Kier alpha value is -5.30. The van der Waals surface area contributed by atoms with Gasteiger partial charge >= 0.3 is 6.18 Å². The third-order valence-corrected chi connectivity index (χ3v) is 7.90. The van der Waals surface area contributed by atoms with E-state index in [9.17, 15) is 31.9 Å². The molecule has 2 atom stereocenters. The fourth-order valence-corrected chi connectivity index (χ4v) is 5.69. The van der Waals surface area contributed by atoms with Gasteiger partial charge in [-0.3, -0.25) is 19.3 Å². The number of amides is 3. The summed E-state index contributed by atoms with van der Waals surface area (Å²) in [5, 5.41) is 19.2. The molecule has 0 aliphatic carbocycles. The predicted molar refractivity (Wildman–Crippen MR) is 170 cm³/mol. The number of nitrogens with zero attached hydrogens (tertiary/aromatic N) is 3. The van der Waals surface area contributed by atoms with E-state index in [4.69, 9.17) is 10.2 Å². The lowest BCUT2D eigenvalue weighted by atomic mass is 9.80. The quantitative estimate of drug-likeness (QED) is 0.120. The van der Waals surface area contributed by atoms with Crippen molar-refractivity contribution in [2.45, 2.75) is 37.9 Å². The normalized spacial score (nSPS) is 16.2. The largest absolute Gasteiger partial charge is 0.416 e. The molecule has 4 aromatic rings. The van der Waals surface area contributed by atoms with Crippen molar-refractivity contribution in [1.82, 2.24) is 20.4 Å². The average Bonchev–Trinajstić information content (AvgIpc) is 3.44. The van der Waals surface area contributed by atoms with Gasteiger partial charge in [0.1, 0.15) is 17.7 Å². The first kappa shape index (κ1) is 34.0. The van der Waals surface area contributed by atoms with Crippen LogP contribution in [0.2, 0.25) is 0 Å². The lowest BCUT2D eigenvalue weighted by Gasteiger charge is -2.38. The number of aliphatic hydroxyl groups is 1. The lowest BCUT2D eigenvalue weighted by Crippen LogP contribution is -2.55. The number of benzene rings is 3. The van der Waals surface area contributed by atoms with Crippen molar-refractivity contribution in [3.8, 4) is 5.69 Å². The zero-order valence-corrected chi connectivity index (χ0v) is 25.9. The molecule has 3 N–H and O–H groups in total. The van der Waals surface area contributed by atoms with Crippen molar-refractivity contribution in [3.63, 3.8) is 0 Å². The summed E-state index contributed by atoms with van der Waals surface area (Å²) in [5.74, 6) is -2.89. The molecule has 0 radical (unpaired) electrons. The smallest absolute Gasteiger partial charge is 0.396 e. The summed E-state index contributed by atoms with van der Waals surface area (Å²) in [7, 11) is 0. The van der Waals surface area contributed by atoms with Gasteiger partial charge in [0.25, 0.3) is 11.8 Å². The van der Waals surface area contributed by atoms with Crippen molar-refractivity contribution in [2.24, 2.45) is 0 Å². The van der Waals surface area contributed by atoms with Gasteiger partial charge in [-0.05, 0) is 67.4 Å². The Morgan fingerprint density at radius 2 is 1.75 bits per heavy atom. The van der Waals surface area contributed by atoms with Crippen LogP contribution in [0, 0.1) is 5.82 Å². The van der Waals surface area contributed by atoms with Gasteiger partial charge in [-0.25, -0.2) is 9.07 Å². The maximum Gasteiger partial charge on any atom is 0.416 e. The number of hydrogen-bond donors (Lipinski definition) is 3. The number of carbonyl (C=O) groups excluding carboxylic acids is 3. The predicted octanol–water partition coefficient (Wildman–Crippen LogP) is 4.92. The van der Waals surface area contributed by atoms with E-state index in [2.05, 4.69) is 10.6 Å². The molecule has 0 bridgehead atoms. The Bertz CT molecular complexity index is 1810. The number of alkyl halides is 3. The molecule has 2 heterocycles. The van der Waals surface area contributed by atoms with Crippen LogP contribution in [0.5, 0.6) is 0 Å². The highest BCUT2D eigenvalue weighted by Gasteiger charge is 2.46. The fraction of sp³-hybridized carbons (Fsp3) is 0.257. The van der Waals surface area contributed by atoms with Gasteiger partial charge in [0.2, 0.25) is 5.91 Å². The second-order valence-corrected chi connectivity index (χ2v) is 11.0. The summed E-state index contributed by atoms with van der Waals surface area (Å²) in [6.07, 6.45) is -1.25. The maximum atomic E-state index is 14.3. The number of halogens is 4. The van der Waals surface area contributed by atoms with Crippen LogP contribution >= 0.6 is 0 Å². The van der Waals surface area contributed by atoms with Crippen LogP contribution in [0.3, 0.4) is 0 Å². The standard InChI is InChI=1S/C35H33F4N5O4/c1-2-43-33-30(27(13-7-14-28(46)40-19-8-20-45)42-44(33)26-11-4-3-5-12-26)29(22-15-17-25(36)18-16-22)31(34(43)48)41-32(47)23-9-6-10-24(21-23)35(37,38)39/h3-7,9-12,14-18,21,29,31,45H,2,8,13,19-20H2,1H3,(H,40,46)(H,41,47)/b14-7+/t29-,31-/m0/s1. The first-order chi connectivity index (χ1) is 23.0. The molecule has 5 rings (SSSR count). The summed E-state index contributed by atoms with van der Waals surface area (Å²) >= 11 is 0. The zero-order chi connectivity index (χ0) is 34.4. The molecule has 0 unspecified atom stereocenters. The van der Waals surface area contributed by atoms with Crippen LogP contribution in [-0.4, -0.2) is 58.3 Å². The summed E-state index contributed by atoms with van der Waals surface area (Å²) in [5.41, 5.74) is 0.742. The van der Waals surface area contributed by atoms with Crippen molar-refractivity contribution in [1.29, 1.82) is 0 Å². The molecule has 1 aliphatic rings. The van der Waals surface area contributed by atoms with Crippen LogP contribution in [0.25, 0.3) is 5.69 Å². The molecule has 0 fully saturated rings. The van der Waals surface area contributed by atoms with Crippen LogP contribution in [0.1, 0.15) is 52.0 Å². The number of hydrogen-bond acceptors (Lipinski definition) is 5. The van der Waals surface area contributed by atoms with Crippen LogP contribution in [-0.2, 0) is 22.2 Å².